The number of halogens is 1. The van der Waals surface area contributed by atoms with Crippen molar-refractivity contribution in [3.63, 3.8) is 0 Å². The Labute approximate surface area is 226 Å². The van der Waals surface area contributed by atoms with Gasteiger partial charge < -0.3 is 19.3 Å². The minimum absolute atomic E-state index is 0.0634. The molecule has 0 radical (unpaired) electrons. The minimum Gasteiger partial charge on any atom is -0.466 e. The topological polar surface area (TPSA) is 88.5 Å². The second-order valence-corrected chi connectivity index (χ2v) is 10.2. The van der Waals surface area contributed by atoms with E-state index in [1.54, 1.807) is 24.8 Å². The monoisotopic (exact) mass is 543 g/mol. The molecular formula is C27H30ClN3O5S. The highest BCUT2D eigenvalue weighted by Gasteiger charge is 2.42. The van der Waals surface area contributed by atoms with E-state index >= 15 is 0 Å². The molecule has 2 atom stereocenters. The van der Waals surface area contributed by atoms with Gasteiger partial charge in [0.15, 0.2) is 5.17 Å². The van der Waals surface area contributed by atoms with Gasteiger partial charge in [-0.2, -0.15) is 0 Å². The molecule has 1 aromatic carbocycles. The first-order valence-corrected chi connectivity index (χ1v) is 13.5. The fourth-order valence-electron chi connectivity index (χ4n) is 4.76. The van der Waals surface area contributed by atoms with Crippen molar-refractivity contribution < 1.29 is 23.9 Å². The lowest BCUT2D eigenvalue weighted by atomic mass is 9.93. The summed E-state index contributed by atoms with van der Waals surface area (Å²) in [5.41, 5.74) is 2.31. The fraction of sp³-hybridized carbons (Fsp3) is 0.407. The summed E-state index contributed by atoms with van der Waals surface area (Å²) < 4.78 is 10.6. The number of amides is 1. The molecule has 0 N–H and O–H groups in total. The van der Waals surface area contributed by atoms with E-state index in [0.717, 1.165) is 6.42 Å². The largest absolute Gasteiger partial charge is 0.466 e. The number of rotatable bonds is 8. The standard InChI is InChI=1S/C27H30ClN3O5S/c1-4-13-36-26(34)23-17(3)29-27-31(24(23)20-10-6-7-11-21(20)28)19(16-37-27)14-22(32)30-12-8-9-18(15-30)25(33)35-5-2/h4,6-7,10-11,16,18,24H,1,5,8-9,12-15H2,2-3H3/t18-,24+/m1/s1. The number of carbonyl (C=O) groups is 3. The lowest BCUT2D eigenvalue weighted by Crippen LogP contribution is -2.44. The quantitative estimate of drug-likeness (QED) is 0.342. The van der Waals surface area contributed by atoms with E-state index in [1.807, 2.05) is 28.5 Å². The van der Waals surface area contributed by atoms with Gasteiger partial charge in [0.1, 0.15) is 6.61 Å². The summed E-state index contributed by atoms with van der Waals surface area (Å²) in [4.78, 5) is 47.1. The van der Waals surface area contributed by atoms with Crippen LogP contribution in [0, 0.1) is 5.92 Å². The van der Waals surface area contributed by atoms with Gasteiger partial charge in [0.25, 0.3) is 0 Å². The number of hydrogen-bond donors (Lipinski definition) is 0. The van der Waals surface area contributed by atoms with Crippen molar-refractivity contribution in [3.8, 4) is 0 Å². The number of piperidine rings is 1. The maximum atomic E-state index is 13.4. The van der Waals surface area contributed by atoms with Crippen LogP contribution in [-0.4, -0.2) is 59.1 Å². The van der Waals surface area contributed by atoms with Crippen LogP contribution in [0.1, 0.15) is 44.7 Å². The molecule has 0 spiro atoms. The summed E-state index contributed by atoms with van der Waals surface area (Å²) in [5, 5.41) is 3.04. The SMILES string of the molecule is C=CCOC(=O)C1=C(C)N=C2SC=C(CC(=O)N3CCC[C@@H](C(=O)OCC)C3)N2[C@H]1c1ccccc1Cl. The van der Waals surface area contributed by atoms with E-state index in [2.05, 4.69) is 11.6 Å². The highest BCUT2D eigenvalue weighted by molar-refractivity contribution is 8.16. The molecule has 0 unspecified atom stereocenters. The summed E-state index contributed by atoms with van der Waals surface area (Å²) in [5.74, 6) is -1.18. The number of hydrogen-bond acceptors (Lipinski definition) is 8. The van der Waals surface area contributed by atoms with Crippen LogP contribution in [0.5, 0.6) is 0 Å². The molecule has 1 amide bonds. The molecule has 3 aliphatic rings. The molecule has 37 heavy (non-hydrogen) atoms. The lowest BCUT2D eigenvalue weighted by molar-refractivity contribution is -0.151. The average molecular weight is 544 g/mol. The number of benzene rings is 1. The first-order valence-electron chi connectivity index (χ1n) is 12.3. The second-order valence-electron chi connectivity index (χ2n) is 8.91. The summed E-state index contributed by atoms with van der Waals surface area (Å²) in [6.07, 6.45) is 3.05. The number of carbonyl (C=O) groups excluding carboxylic acids is 3. The Morgan fingerprint density at radius 1 is 1.27 bits per heavy atom. The van der Waals surface area contributed by atoms with E-state index in [0.29, 0.717) is 58.8 Å². The number of esters is 2. The number of aliphatic imine (C=N–C) groups is 1. The maximum Gasteiger partial charge on any atom is 0.338 e. The number of fused-ring (bicyclic) bond motifs is 1. The Kier molecular flexibility index (Phi) is 8.76. The predicted molar refractivity (Wildman–Crippen MR) is 144 cm³/mol. The lowest BCUT2D eigenvalue weighted by Gasteiger charge is -2.37. The van der Waals surface area contributed by atoms with E-state index in [9.17, 15) is 14.4 Å². The van der Waals surface area contributed by atoms with Gasteiger partial charge in [-0.3, -0.25) is 9.59 Å². The summed E-state index contributed by atoms with van der Waals surface area (Å²) >= 11 is 8.01. The first kappa shape index (κ1) is 27.0. The van der Waals surface area contributed by atoms with Crippen LogP contribution >= 0.6 is 23.4 Å². The molecule has 3 aliphatic heterocycles. The number of ether oxygens (including phenoxy) is 2. The molecule has 8 nitrogen and oxygen atoms in total. The third-order valence-corrected chi connectivity index (χ3v) is 7.71. The molecule has 0 aromatic heterocycles. The number of thioether (sulfide) groups is 1. The van der Waals surface area contributed by atoms with Crippen LogP contribution in [0.2, 0.25) is 5.02 Å². The number of amidine groups is 1. The smallest absolute Gasteiger partial charge is 0.338 e. The first-order chi connectivity index (χ1) is 17.8. The van der Waals surface area contributed by atoms with E-state index < -0.39 is 12.0 Å². The van der Waals surface area contributed by atoms with E-state index in [4.69, 9.17) is 21.1 Å². The molecule has 1 fully saturated rings. The van der Waals surface area contributed by atoms with Gasteiger partial charge >= 0.3 is 11.9 Å². The zero-order valence-corrected chi connectivity index (χ0v) is 22.5. The van der Waals surface area contributed by atoms with Crippen molar-refractivity contribution in [2.75, 3.05) is 26.3 Å². The molecule has 0 saturated carbocycles. The van der Waals surface area contributed by atoms with Crippen molar-refractivity contribution in [2.45, 2.75) is 39.2 Å². The van der Waals surface area contributed by atoms with Gasteiger partial charge in [-0.15, -0.1) is 0 Å². The maximum absolute atomic E-state index is 13.4. The van der Waals surface area contributed by atoms with Gasteiger partial charge in [-0.1, -0.05) is 54.2 Å². The predicted octanol–water partition coefficient (Wildman–Crippen LogP) is 4.84. The Hall–Kier alpha value is -3.04. The third-order valence-electron chi connectivity index (χ3n) is 6.48. The Bertz CT molecular complexity index is 1190. The molecule has 1 saturated heterocycles. The number of nitrogens with zero attached hydrogens (tertiary/aromatic N) is 3. The molecule has 3 heterocycles. The summed E-state index contributed by atoms with van der Waals surface area (Å²) in [7, 11) is 0. The molecule has 10 heteroatoms. The van der Waals surface area contributed by atoms with Gasteiger partial charge in [0, 0.05) is 23.8 Å². The van der Waals surface area contributed by atoms with Crippen molar-refractivity contribution in [3.05, 3.63) is 69.9 Å². The average Bonchev–Trinajstić information content (AvgIpc) is 3.28. The Morgan fingerprint density at radius 2 is 2.05 bits per heavy atom. The zero-order valence-electron chi connectivity index (χ0n) is 20.9. The number of allylic oxidation sites excluding steroid dienone is 1. The van der Waals surface area contributed by atoms with Crippen molar-refractivity contribution in [1.29, 1.82) is 0 Å². The zero-order chi connectivity index (χ0) is 26.5. The van der Waals surface area contributed by atoms with Crippen molar-refractivity contribution in [1.82, 2.24) is 9.80 Å². The van der Waals surface area contributed by atoms with Gasteiger partial charge in [0.05, 0.1) is 36.3 Å². The number of likely N-dealkylation sites (tertiary alicyclic amines) is 1. The summed E-state index contributed by atoms with van der Waals surface area (Å²) in [6.45, 7) is 8.47. The van der Waals surface area contributed by atoms with E-state index in [-0.39, 0.29) is 30.8 Å². The Balaban J connectivity index is 1.61. The molecule has 0 aliphatic carbocycles. The van der Waals surface area contributed by atoms with Gasteiger partial charge in [-0.25, -0.2) is 9.79 Å². The van der Waals surface area contributed by atoms with Crippen LogP contribution in [0.3, 0.4) is 0 Å². The second kappa shape index (κ2) is 12.0. The van der Waals surface area contributed by atoms with Crippen molar-refractivity contribution in [2.24, 2.45) is 10.9 Å². The molecule has 0 bridgehead atoms. The normalized spacial score (nSPS) is 21.2. The van der Waals surface area contributed by atoms with Crippen LogP contribution in [-0.2, 0) is 23.9 Å². The summed E-state index contributed by atoms with van der Waals surface area (Å²) in [6, 6.07) is 6.70. The third kappa shape index (κ3) is 5.78. The highest BCUT2D eigenvalue weighted by Crippen LogP contribution is 2.46. The molecule has 196 valence electrons. The van der Waals surface area contributed by atoms with E-state index in [1.165, 1.54) is 17.8 Å². The van der Waals surface area contributed by atoms with Crippen LogP contribution in [0.25, 0.3) is 0 Å². The van der Waals surface area contributed by atoms with Gasteiger partial charge in [0.2, 0.25) is 5.91 Å². The minimum atomic E-state index is -0.610. The van der Waals surface area contributed by atoms with Crippen LogP contribution in [0.15, 0.2) is 64.3 Å². The van der Waals surface area contributed by atoms with Crippen LogP contribution < -0.4 is 0 Å². The molecule has 1 aromatic rings. The van der Waals surface area contributed by atoms with Gasteiger partial charge in [-0.05, 0) is 43.7 Å². The Morgan fingerprint density at radius 3 is 2.78 bits per heavy atom. The fourth-order valence-corrected chi connectivity index (χ4v) is 5.96. The van der Waals surface area contributed by atoms with Crippen molar-refractivity contribution >= 4 is 46.4 Å². The molecule has 4 rings (SSSR count). The molecular weight excluding hydrogens is 514 g/mol. The highest BCUT2D eigenvalue weighted by atomic mass is 35.5. The van der Waals surface area contributed by atoms with Crippen LogP contribution in [0.4, 0.5) is 0 Å².